The van der Waals surface area contributed by atoms with Crippen LogP contribution in [0.5, 0.6) is 0 Å². The Balaban J connectivity index is 2.46. The maximum absolute atomic E-state index is 12.4. The van der Waals surface area contributed by atoms with Gasteiger partial charge < -0.3 is 0 Å². The third-order valence-corrected chi connectivity index (χ3v) is 5.32. The van der Waals surface area contributed by atoms with E-state index in [1.165, 1.54) is 18.2 Å². The van der Waals surface area contributed by atoms with Crippen LogP contribution in [-0.2, 0) is 10.0 Å². The molecular weight excluding hydrogens is 385 g/mol. The molecule has 0 radical (unpaired) electrons. The number of anilines is 1. The summed E-state index contributed by atoms with van der Waals surface area (Å²) in [5.41, 5.74) is 1.38. The van der Waals surface area contributed by atoms with Crippen LogP contribution in [-0.4, -0.2) is 8.42 Å². The molecule has 2 aromatic carbocycles. The smallest absolute Gasteiger partial charge is 0.263 e. The second kappa shape index (κ2) is 5.93. The van der Waals surface area contributed by atoms with Gasteiger partial charge in [-0.2, -0.15) is 0 Å². The molecule has 3 nitrogen and oxygen atoms in total. The number of halogens is 3. The van der Waals surface area contributed by atoms with E-state index in [0.29, 0.717) is 15.2 Å². The van der Waals surface area contributed by atoms with E-state index >= 15 is 0 Å². The first-order valence-electron chi connectivity index (χ1n) is 5.53. The van der Waals surface area contributed by atoms with Crippen LogP contribution in [0.15, 0.2) is 45.8 Å². The van der Waals surface area contributed by atoms with Gasteiger partial charge >= 0.3 is 0 Å². The maximum Gasteiger partial charge on any atom is 0.263 e. The minimum Gasteiger partial charge on any atom is -0.278 e. The van der Waals surface area contributed by atoms with Gasteiger partial charge in [0.15, 0.2) is 0 Å². The lowest BCUT2D eigenvalue weighted by molar-refractivity contribution is 0.601. The zero-order chi connectivity index (χ0) is 14.9. The lowest BCUT2D eigenvalue weighted by Gasteiger charge is -2.12. The van der Waals surface area contributed by atoms with Crippen molar-refractivity contribution in [2.75, 3.05) is 4.72 Å². The van der Waals surface area contributed by atoms with E-state index in [1.54, 1.807) is 12.1 Å². The second-order valence-corrected chi connectivity index (χ2v) is 7.51. The number of aryl methyl sites for hydroxylation is 1. The van der Waals surface area contributed by atoms with Crippen molar-refractivity contribution in [1.82, 2.24) is 0 Å². The average Bonchev–Trinajstić information content (AvgIpc) is 2.36. The summed E-state index contributed by atoms with van der Waals surface area (Å²) in [5.74, 6) is 0. The molecule has 0 fully saturated rings. The van der Waals surface area contributed by atoms with Crippen LogP contribution in [0, 0.1) is 6.92 Å². The molecule has 2 aromatic rings. The van der Waals surface area contributed by atoms with Gasteiger partial charge in [-0.25, -0.2) is 8.42 Å². The predicted octanol–water partition coefficient (Wildman–Crippen LogP) is 4.87. The van der Waals surface area contributed by atoms with Crippen molar-refractivity contribution in [1.29, 1.82) is 0 Å². The Bertz CT molecular complexity index is 763. The molecule has 0 spiro atoms. The topological polar surface area (TPSA) is 46.2 Å². The van der Waals surface area contributed by atoms with Crippen molar-refractivity contribution in [3.05, 3.63) is 56.5 Å². The van der Waals surface area contributed by atoms with Gasteiger partial charge in [-0.3, -0.25) is 4.72 Å². The largest absolute Gasteiger partial charge is 0.278 e. The molecule has 0 atom stereocenters. The standard InChI is InChI=1S/C13H10BrCl2NO2S/c1-8-2-4-10(14)12(6-8)17-20(18,19)13-7-9(15)3-5-11(13)16/h2-7,17H,1H3. The maximum atomic E-state index is 12.4. The molecule has 0 heterocycles. The summed E-state index contributed by atoms with van der Waals surface area (Å²) in [5, 5.41) is 0.420. The van der Waals surface area contributed by atoms with E-state index < -0.39 is 10.0 Å². The van der Waals surface area contributed by atoms with Gasteiger partial charge in [0.1, 0.15) is 4.90 Å². The van der Waals surface area contributed by atoms with E-state index in [0.717, 1.165) is 5.56 Å². The SMILES string of the molecule is Cc1ccc(Br)c(NS(=O)(=O)c2cc(Cl)ccc2Cl)c1. The third kappa shape index (κ3) is 3.47. The van der Waals surface area contributed by atoms with Crippen LogP contribution in [0.3, 0.4) is 0 Å². The molecule has 106 valence electrons. The van der Waals surface area contributed by atoms with Gasteiger partial charge in [0, 0.05) is 9.50 Å². The quantitative estimate of drug-likeness (QED) is 0.807. The molecule has 0 saturated heterocycles. The molecule has 1 N–H and O–H groups in total. The van der Waals surface area contributed by atoms with Crippen LogP contribution in [0.4, 0.5) is 5.69 Å². The molecule has 0 aliphatic carbocycles. The van der Waals surface area contributed by atoms with E-state index in [2.05, 4.69) is 20.7 Å². The molecule has 2 rings (SSSR count). The molecule has 0 aliphatic rings. The molecule has 0 saturated carbocycles. The Morgan fingerprint density at radius 3 is 2.50 bits per heavy atom. The van der Waals surface area contributed by atoms with Gasteiger partial charge in [0.2, 0.25) is 0 Å². The number of hydrogen-bond donors (Lipinski definition) is 1. The first kappa shape index (κ1) is 15.6. The Labute approximate surface area is 136 Å². The Kier molecular flexibility index (Phi) is 4.64. The lowest BCUT2D eigenvalue weighted by atomic mass is 10.2. The minimum absolute atomic E-state index is 0.0555. The van der Waals surface area contributed by atoms with Gasteiger partial charge in [-0.05, 0) is 58.7 Å². The second-order valence-electron chi connectivity index (χ2n) is 4.16. The molecule has 0 bridgehead atoms. The monoisotopic (exact) mass is 393 g/mol. The zero-order valence-electron chi connectivity index (χ0n) is 10.3. The van der Waals surface area contributed by atoms with Crippen LogP contribution >= 0.6 is 39.1 Å². The van der Waals surface area contributed by atoms with Crippen molar-refractivity contribution in [2.45, 2.75) is 11.8 Å². The number of sulfonamides is 1. The summed E-state index contributed by atoms with van der Waals surface area (Å²) in [4.78, 5) is -0.0555. The van der Waals surface area contributed by atoms with E-state index in [9.17, 15) is 8.42 Å². The summed E-state index contributed by atoms with van der Waals surface area (Å²) in [6.07, 6.45) is 0. The van der Waals surface area contributed by atoms with Crippen LogP contribution in [0.25, 0.3) is 0 Å². The minimum atomic E-state index is -3.80. The Hall–Kier alpha value is -0.750. The fourth-order valence-electron chi connectivity index (χ4n) is 1.60. The van der Waals surface area contributed by atoms with Crippen LogP contribution in [0.2, 0.25) is 10.0 Å². The first-order chi connectivity index (χ1) is 9.29. The fraction of sp³-hybridized carbons (Fsp3) is 0.0769. The predicted molar refractivity (Wildman–Crippen MR) is 86.1 cm³/mol. The molecule has 7 heteroatoms. The van der Waals surface area contributed by atoms with Gasteiger partial charge in [0.25, 0.3) is 10.0 Å². The van der Waals surface area contributed by atoms with Gasteiger partial charge in [0.05, 0.1) is 10.7 Å². The van der Waals surface area contributed by atoms with Crippen LogP contribution in [0.1, 0.15) is 5.56 Å². The first-order valence-corrected chi connectivity index (χ1v) is 8.57. The Morgan fingerprint density at radius 2 is 1.80 bits per heavy atom. The normalized spacial score (nSPS) is 11.4. The average molecular weight is 395 g/mol. The highest BCUT2D eigenvalue weighted by Crippen LogP contribution is 2.30. The van der Waals surface area contributed by atoms with Crippen molar-refractivity contribution < 1.29 is 8.42 Å². The molecule has 0 unspecified atom stereocenters. The zero-order valence-corrected chi connectivity index (χ0v) is 14.2. The lowest BCUT2D eigenvalue weighted by Crippen LogP contribution is -2.14. The molecule has 20 heavy (non-hydrogen) atoms. The van der Waals surface area contributed by atoms with Gasteiger partial charge in [-0.1, -0.05) is 29.3 Å². The summed E-state index contributed by atoms with van der Waals surface area (Å²) in [7, 11) is -3.80. The highest BCUT2D eigenvalue weighted by Gasteiger charge is 2.19. The van der Waals surface area contributed by atoms with Crippen LogP contribution < -0.4 is 4.72 Å². The van der Waals surface area contributed by atoms with E-state index in [4.69, 9.17) is 23.2 Å². The summed E-state index contributed by atoms with van der Waals surface area (Å²) >= 11 is 15.1. The van der Waals surface area contributed by atoms with Crippen molar-refractivity contribution in [3.8, 4) is 0 Å². The number of benzene rings is 2. The highest BCUT2D eigenvalue weighted by molar-refractivity contribution is 9.10. The van der Waals surface area contributed by atoms with E-state index in [-0.39, 0.29) is 9.92 Å². The molecule has 0 amide bonds. The fourth-order valence-corrected chi connectivity index (χ4v) is 3.91. The third-order valence-electron chi connectivity index (χ3n) is 2.55. The molecule has 0 aliphatic heterocycles. The molecule has 0 aromatic heterocycles. The Morgan fingerprint density at radius 1 is 1.10 bits per heavy atom. The number of nitrogens with one attached hydrogen (secondary N) is 1. The summed E-state index contributed by atoms with van der Waals surface area (Å²) in [6, 6.07) is 9.66. The number of hydrogen-bond acceptors (Lipinski definition) is 2. The van der Waals surface area contributed by atoms with Crippen molar-refractivity contribution >= 4 is 54.8 Å². The van der Waals surface area contributed by atoms with Crippen molar-refractivity contribution in [3.63, 3.8) is 0 Å². The number of rotatable bonds is 3. The van der Waals surface area contributed by atoms with E-state index in [1.807, 2.05) is 13.0 Å². The van der Waals surface area contributed by atoms with Gasteiger partial charge in [-0.15, -0.1) is 0 Å². The summed E-state index contributed by atoms with van der Waals surface area (Å²) < 4.78 is 27.9. The highest BCUT2D eigenvalue weighted by atomic mass is 79.9. The summed E-state index contributed by atoms with van der Waals surface area (Å²) in [6.45, 7) is 1.87. The van der Waals surface area contributed by atoms with Crippen molar-refractivity contribution in [2.24, 2.45) is 0 Å². The molecular formula is C13H10BrCl2NO2S.